The third kappa shape index (κ3) is 4.27. The van der Waals surface area contributed by atoms with Crippen LogP contribution >= 0.6 is 22.9 Å². The molecule has 1 aliphatic rings. The van der Waals surface area contributed by atoms with Crippen molar-refractivity contribution in [1.29, 1.82) is 0 Å². The van der Waals surface area contributed by atoms with Crippen molar-refractivity contribution in [2.45, 2.75) is 19.8 Å². The summed E-state index contributed by atoms with van der Waals surface area (Å²) in [4.78, 5) is 28.2. The van der Waals surface area contributed by atoms with Crippen molar-refractivity contribution in [3.63, 3.8) is 0 Å². The van der Waals surface area contributed by atoms with Crippen molar-refractivity contribution in [3.05, 3.63) is 58.6 Å². The molecule has 4 rings (SSSR count). The molecule has 0 bridgehead atoms. The molecule has 1 saturated heterocycles. The van der Waals surface area contributed by atoms with E-state index < -0.39 is 0 Å². The van der Waals surface area contributed by atoms with Gasteiger partial charge in [0.15, 0.2) is 0 Å². The summed E-state index contributed by atoms with van der Waals surface area (Å²) >= 11 is 7.61. The molecule has 2 aromatic heterocycles. The largest absolute Gasteiger partial charge is 0.466 e. The van der Waals surface area contributed by atoms with Gasteiger partial charge in [0.05, 0.1) is 23.1 Å². The predicted molar refractivity (Wildman–Crippen MR) is 117 cm³/mol. The topological polar surface area (TPSA) is 64.4 Å². The molecule has 0 unspecified atom stereocenters. The zero-order chi connectivity index (χ0) is 21.1. The molecule has 0 saturated carbocycles. The Morgan fingerprint density at radius 3 is 2.57 bits per heavy atom. The number of thiophene rings is 1. The molecule has 8 heteroatoms. The van der Waals surface area contributed by atoms with E-state index in [9.17, 15) is 9.59 Å². The predicted octanol–water partition coefficient (Wildman–Crippen LogP) is 4.67. The highest BCUT2D eigenvalue weighted by atomic mass is 35.5. The summed E-state index contributed by atoms with van der Waals surface area (Å²) in [5, 5.41) is 7.31. The fraction of sp³-hybridized carbons (Fsp3) is 0.318. The first-order valence-corrected chi connectivity index (χ1v) is 11.2. The van der Waals surface area contributed by atoms with Gasteiger partial charge in [-0.25, -0.2) is 4.68 Å². The van der Waals surface area contributed by atoms with Crippen LogP contribution in [-0.2, 0) is 9.53 Å². The average Bonchev–Trinajstić information content (AvgIpc) is 3.44. The minimum atomic E-state index is -0.171. The first-order valence-electron chi connectivity index (χ1n) is 9.92. The van der Waals surface area contributed by atoms with Crippen LogP contribution in [0.1, 0.15) is 30.3 Å². The smallest absolute Gasteiger partial charge is 0.309 e. The van der Waals surface area contributed by atoms with Crippen molar-refractivity contribution in [2.75, 3.05) is 19.7 Å². The first-order chi connectivity index (χ1) is 14.6. The Morgan fingerprint density at radius 1 is 1.20 bits per heavy atom. The van der Waals surface area contributed by atoms with Crippen LogP contribution < -0.4 is 0 Å². The summed E-state index contributed by atoms with van der Waals surface area (Å²) in [5.74, 6) is -0.407. The molecule has 1 aliphatic heterocycles. The van der Waals surface area contributed by atoms with Gasteiger partial charge < -0.3 is 9.64 Å². The van der Waals surface area contributed by atoms with Crippen LogP contribution in [0.5, 0.6) is 0 Å². The highest BCUT2D eigenvalue weighted by Gasteiger charge is 2.30. The van der Waals surface area contributed by atoms with Crippen LogP contribution in [-0.4, -0.2) is 46.3 Å². The fourth-order valence-corrected chi connectivity index (χ4v) is 4.41. The molecule has 3 aromatic rings. The van der Waals surface area contributed by atoms with Gasteiger partial charge in [-0.3, -0.25) is 9.59 Å². The van der Waals surface area contributed by atoms with Gasteiger partial charge in [0.25, 0.3) is 5.91 Å². The Bertz CT molecular complexity index is 1020. The fourth-order valence-electron chi connectivity index (χ4n) is 3.60. The van der Waals surface area contributed by atoms with E-state index in [0.29, 0.717) is 43.3 Å². The molecule has 0 spiro atoms. The second kappa shape index (κ2) is 9.02. The Hall–Kier alpha value is -2.64. The number of hydrogen-bond donors (Lipinski definition) is 0. The summed E-state index contributed by atoms with van der Waals surface area (Å²) in [5.41, 5.74) is 2.02. The standard InChI is InChI=1S/C22H22ClN3O3S/c1-2-29-22(28)15-9-11-25(12-10-15)21(27)19-14-18(20-4-3-13-30-20)24-26(19)17-7-5-16(23)6-8-17/h3-8,13-15H,2,9-12H2,1H3. The molecule has 30 heavy (non-hydrogen) atoms. The maximum absolute atomic E-state index is 13.4. The van der Waals surface area contributed by atoms with E-state index in [1.165, 1.54) is 0 Å². The SMILES string of the molecule is CCOC(=O)C1CCN(C(=O)c2cc(-c3cccs3)nn2-c2ccc(Cl)cc2)CC1. The van der Waals surface area contributed by atoms with Crippen LogP contribution in [0.2, 0.25) is 5.02 Å². The van der Waals surface area contributed by atoms with Crippen LogP contribution in [0, 0.1) is 5.92 Å². The van der Waals surface area contributed by atoms with Crippen LogP contribution in [0.25, 0.3) is 16.3 Å². The van der Waals surface area contributed by atoms with E-state index >= 15 is 0 Å². The molecule has 0 aliphatic carbocycles. The lowest BCUT2D eigenvalue weighted by Gasteiger charge is -2.30. The van der Waals surface area contributed by atoms with Gasteiger partial charge >= 0.3 is 5.97 Å². The monoisotopic (exact) mass is 443 g/mol. The molecular formula is C22H22ClN3O3S. The number of esters is 1. The van der Waals surface area contributed by atoms with Gasteiger partial charge in [0.1, 0.15) is 11.4 Å². The average molecular weight is 444 g/mol. The van der Waals surface area contributed by atoms with E-state index in [1.54, 1.807) is 40.0 Å². The summed E-state index contributed by atoms with van der Waals surface area (Å²) in [6, 6.07) is 13.0. The van der Waals surface area contributed by atoms with Gasteiger partial charge in [-0.1, -0.05) is 17.7 Å². The van der Waals surface area contributed by atoms with Crippen LogP contribution in [0.15, 0.2) is 47.8 Å². The normalized spacial score (nSPS) is 14.7. The third-order valence-corrected chi connectivity index (χ3v) is 6.32. The van der Waals surface area contributed by atoms with E-state index in [4.69, 9.17) is 21.4 Å². The Kier molecular flexibility index (Phi) is 6.20. The number of amides is 1. The minimum absolute atomic E-state index is 0.0948. The molecule has 0 radical (unpaired) electrons. The first kappa shape index (κ1) is 20.6. The zero-order valence-corrected chi connectivity index (χ0v) is 18.2. The van der Waals surface area contributed by atoms with E-state index in [0.717, 1.165) is 16.3 Å². The minimum Gasteiger partial charge on any atom is -0.466 e. The highest BCUT2D eigenvalue weighted by molar-refractivity contribution is 7.13. The number of aromatic nitrogens is 2. The molecule has 1 aromatic carbocycles. The lowest BCUT2D eigenvalue weighted by atomic mass is 9.97. The van der Waals surface area contributed by atoms with E-state index in [2.05, 4.69) is 0 Å². The Balaban J connectivity index is 1.60. The number of ether oxygens (including phenoxy) is 1. The van der Waals surface area contributed by atoms with Crippen LogP contribution in [0.3, 0.4) is 0 Å². The van der Waals surface area contributed by atoms with Gasteiger partial charge in [-0.15, -0.1) is 11.3 Å². The number of carbonyl (C=O) groups excluding carboxylic acids is 2. The van der Waals surface area contributed by atoms with Gasteiger partial charge in [-0.05, 0) is 61.5 Å². The molecule has 0 N–H and O–H groups in total. The number of halogens is 1. The van der Waals surface area contributed by atoms with Gasteiger partial charge in [0, 0.05) is 18.1 Å². The Morgan fingerprint density at radius 2 is 1.93 bits per heavy atom. The van der Waals surface area contributed by atoms with Crippen molar-refractivity contribution >= 4 is 34.8 Å². The molecular weight excluding hydrogens is 422 g/mol. The third-order valence-electron chi connectivity index (χ3n) is 5.18. The number of hydrogen-bond acceptors (Lipinski definition) is 5. The lowest BCUT2D eigenvalue weighted by molar-refractivity contribution is -0.149. The second-order valence-electron chi connectivity index (χ2n) is 7.10. The number of rotatable bonds is 5. The van der Waals surface area contributed by atoms with Crippen molar-refractivity contribution < 1.29 is 14.3 Å². The van der Waals surface area contributed by atoms with E-state index in [-0.39, 0.29) is 17.8 Å². The molecule has 1 amide bonds. The van der Waals surface area contributed by atoms with Crippen LogP contribution in [0.4, 0.5) is 0 Å². The van der Waals surface area contributed by atoms with Crippen molar-refractivity contribution in [3.8, 4) is 16.3 Å². The molecule has 1 fully saturated rings. The zero-order valence-electron chi connectivity index (χ0n) is 16.6. The van der Waals surface area contributed by atoms with Gasteiger partial charge in [0.2, 0.25) is 0 Å². The summed E-state index contributed by atoms with van der Waals surface area (Å²) in [7, 11) is 0. The summed E-state index contributed by atoms with van der Waals surface area (Å²) < 4.78 is 6.80. The highest BCUT2D eigenvalue weighted by Crippen LogP contribution is 2.28. The molecule has 0 atom stereocenters. The molecule has 3 heterocycles. The summed E-state index contributed by atoms with van der Waals surface area (Å²) in [6.45, 7) is 3.22. The quantitative estimate of drug-likeness (QED) is 0.537. The number of benzene rings is 1. The van der Waals surface area contributed by atoms with E-state index in [1.807, 2.05) is 35.7 Å². The molecule has 6 nitrogen and oxygen atoms in total. The maximum Gasteiger partial charge on any atom is 0.309 e. The number of piperidine rings is 1. The second-order valence-corrected chi connectivity index (χ2v) is 8.48. The number of nitrogens with zero attached hydrogens (tertiary/aromatic N) is 3. The summed E-state index contributed by atoms with van der Waals surface area (Å²) in [6.07, 6.45) is 1.22. The lowest BCUT2D eigenvalue weighted by Crippen LogP contribution is -2.41. The van der Waals surface area contributed by atoms with Crippen molar-refractivity contribution in [2.24, 2.45) is 5.92 Å². The number of carbonyl (C=O) groups is 2. The van der Waals surface area contributed by atoms with Crippen molar-refractivity contribution in [1.82, 2.24) is 14.7 Å². The Labute approximate surface area is 184 Å². The molecule has 156 valence electrons. The maximum atomic E-state index is 13.4. The van der Waals surface area contributed by atoms with Gasteiger partial charge in [-0.2, -0.15) is 5.10 Å². The number of likely N-dealkylation sites (tertiary alicyclic amines) is 1.